The maximum Gasteiger partial charge on any atom is 3.00 e. The van der Waals surface area contributed by atoms with Crippen LogP contribution in [0.25, 0.3) is 0 Å². The normalized spacial score (nSPS) is 3.00. The van der Waals surface area contributed by atoms with Crippen LogP contribution in [0.15, 0.2) is 0 Å². The quantitative estimate of drug-likeness (QED) is 0.276. The van der Waals surface area contributed by atoms with E-state index in [1.807, 2.05) is 0 Å². The van der Waals surface area contributed by atoms with Gasteiger partial charge in [0.1, 0.15) is 0 Å². The smallest absolute Gasteiger partial charge is 0.870 e. The van der Waals surface area contributed by atoms with Crippen molar-refractivity contribution < 1.29 is 30.0 Å². The second-order valence-electron chi connectivity index (χ2n) is 0.224. The summed E-state index contributed by atoms with van der Waals surface area (Å²) in [6.07, 6.45) is 0. The van der Waals surface area contributed by atoms with Gasteiger partial charge in [-0.15, -0.1) is 0 Å². The third-order valence-electron chi connectivity index (χ3n) is 0. The Labute approximate surface area is 85.3 Å². The molecule has 32 valence electrons. The van der Waals surface area contributed by atoms with Crippen molar-refractivity contribution >= 4 is 40.4 Å². The van der Waals surface area contributed by atoms with Crippen LogP contribution >= 0.6 is 0 Å². The number of nitrogens with zero attached hydrogens (tertiary/aromatic N) is 1. The molecule has 0 fully saturated rings. The third kappa shape index (κ3) is 224. The zero-order chi connectivity index (χ0) is 3.58. The van der Waals surface area contributed by atoms with Gasteiger partial charge in [-0.25, -0.2) is 0 Å². The summed E-state index contributed by atoms with van der Waals surface area (Å²) >= 11 is 0. The van der Waals surface area contributed by atoms with Crippen molar-refractivity contribution in [2.24, 2.45) is 0 Å². The van der Waals surface area contributed by atoms with Crippen molar-refractivity contribution in [1.29, 1.82) is 0 Å². The number of rotatable bonds is 0. The topological polar surface area (TPSA) is 96.2 Å². The molecule has 0 aromatic carbocycles. The first-order valence-electron chi connectivity index (χ1n) is 0.548. The monoisotopic (exact) mass is 194 g/mol. The van der Waals surface area contributed by atoms with E-state index < -0.39 is 5.09 Å². The minimum atomic E-state index is -1.75. The molecule has 0 rings (SSSR count). The van der Waals surface area contributed by atoms with Gasteiger partial charge in [0.25, 0.3) is 0 Å². The van der Waals surface area contributed by atoms with E-state index in [0.717, 1.165) is 0 Å². The Hall–Kier alpha value is 1.08. The van der Waals surface area contributed by atoms with Crippen LogP contribution in [0, 0.1) is 15.3 Å². The molecule has 5 nitrogen and oxygen atoms in total. The molecule has 1 N–H and O–H groups in total. The Morgan fingerprint density at radius 3 is 1.25 bits per heavy atom. The van der Waals surface area contributed by atoms with Crippen LogP contribution in [-0.4, -0.2) is 51.0 Å². The zero-order valence-electron chi connectivity index (χ0n) is 4.11. The van der Waals surface area contributed by atoms with E-state index in [9.17, 15) is 0 Å². The molecular formula is HAlMgNO4Zn+5. The predicted molar refractivity (Wildman–Crippen MR) is 23.8 cm³/mol. The summed E-state index contributed by atoms with van der Waals surface area (Å²) in [5.41, 5.74) is 0. The first-order chi connectivity index (χ1) is 1.73. The molecular weight excluding hydrogens is 195 g/mol. The molecule has 0 aliphatic rings. The molecule has 0 saturated carbocycles. The summed E-state index contributed by atoms with van der Waals surface area (Å²) < 4.78 is 0. The van der Waals surface area contributed by atoms with Crippen molar-refractivity contribution in [3.8, 4) is 0 Å². The van der Waals surface area contributed by atoms with Crippen molar-refractivity contribution in [2.75, 3.05) is 0 Å². The molecule has 0 aromatic rings. The Morgan fingerprint density at radius 2 is 1.25 bits per heavy atom. The van der Waals surface area contributed by atoms with Gasteiger partial charge in [0.15, 0.2) is 0 Å². The van der Waals surface area contributed by atoms with Crippen LogP contribution < -0.4 is 0 Å². The van der Waals surface area contributed by atoms with E-state index in [4.69, 9.17) is 15.3 Å². The van der Waals surface area contributed by atoms with Gasteiger partial charge in [-0.05, 0) is 0 Å². The van der Waals surface area contributed by atoms with Gasteiger partial charge in [-0.2, -0.15) is 0 Å². The molecule has 8 heavy (non-hydrogen) atoms. The molecule has 0 radical (unpaired) electrons. The molecule has 0 unspecified atom stereocenters. The average molecular weight is 196 g/mol. The standard InChI is InChI=1S/Al.Mg.NO3.H2O.Zn/c;;2-1(3)4;;/h;;;1H2;/q+3;+2;-1;;+2/p-1. The van der Waals surface area contributed by atoms with Crippen LogP contribution in [0.2, 0.25) is 0 Å². The third-order valence-corrected chi connectivity index (χ3v) is 0. The molecule has 0 aromatic heterocycles. The molecule has 8 heteroatoms. The largest absolute Gasteiger partial charge is 3.00 e. The Balaban J connectivity index is -0.00000000750. The maximum absolute atomic E-state index is 8.25. The van der Waals surface area contributed by atoms with Crippen LogP contribution in [0.4, 0.5) is 0 Å². The molecule has 0 spiro atoms. The van der Waals surface area contributed by atoms with Gasteiger partial charge in [0.2, 0.25) is 0 Å². The fourth-order valence-electron chi connectivity index (χ4n) is 0. The van der Waals surface area contributed by atoms with E-state index in [0.29, 0.717) is 0 Å². The first-order valence-corrected chi connectivity index (χ1v) is 0.548. The fraction of sp³-hybridized carbons (Fsp3) is 0. The van der Waals surface area contributed by atoms with Gasteiger partial charge < -0.3 is 20.8 Å². The van der Waals surface area contributed by atoms with Gasteiger partial charge in [-0.1, -0.05) is 0 Å². The average Bonchev–Trinajstić information content (AvgIpc) is 0.811. The van der Waals surface area contributed by atoms with Gasteiger partial charge >= 0.3 is 59.9 Å². The van der Waals surface area contributed by atoms with Crippen molar-refractivity contribution in [3.05, 3.63) is 15.3 Å². The minimum Gasteiger partial charge on any atom is -0.870 e. The second-order valence-corrected chi connectivity index (χ2v) is 0.224. The molecule has 0 amide bonds. The van der Waals surface area contributed by atoms with Crippen LogP contribution in [0.1, 0.15) is 0 Å². The number of hydrogen-bond donors (Lipinski definition) is 0. The van der Waals surface area contributed by atoms with Gasteiger partial charge in [0, 0.05) is 0 Å². The van der Waals surface area contributed by atoms with Gasteiger partial charge in [-0.3, -0.25) is 0 Å². The Bertz CT molecular complexity index is 39.0. The summed E-state index contributed by atoms with van der Waals surface area (Å²) in [6, 6.07) is 0. The maximum atomic E-state index is 8.25. The first kappa shape index (κ1) is 35.6. The second kappa shape index (κ2) is 24.3. The molecule has 0 bridgehead atoms. The van der Waals surface area contributed by atoms with E-state index in [1.54, 1.807) is 0 Å². The number of hydrogen-bond acceptors (Lipinski definition) is 4. The summed E-state index contributed by atoms with van der Waals surface area (Å²) in [7, 11) is 0. The zero-order valence-corrected chi connectivity index (χ0v) is 9.65. The SMILES string of the molecule is O=[N+]([O-])[O-].[Al+3].[Mg+2].[OH-].[Zn+2]. The Morgan fingerprint density at radius 1 is 1.25 bits per heavy atom. The van der Waals surface area contributed by atoms with Crippen LogP contribution in [0.3, 0.4) is 0 Å². The fourth-order valence-corrected chi connectivity index (χ4v) is 0. The minimum absolute atomic E-state index is 0. The van der Waals surface area contributed by atoms with Crippen molar-refractivity contribution in [2.45, 2.75) is 0 Å². The van der Waals surface area contributed by atoms with E-state index >= 15 is 0 Å². The predicted octanol–water partition coefficient (Wildman–Crippen LogP) is -1.18. The van der Waals surface area contributed by atoms with Crippen molar-refractivity contribution in [3.63, 3.8) is 0 Å². The molecule has 0 atom stereocenters. The molecule has 0 aliphatic heterocycles. The van der Waals surface area contributed by atoms with Crippen LogP contribution in [-0.2, 0) is 19.5 Å². The van der Waals surface area contributed by atoms with Crippen molar-refractivity contribution in [1.82, 2.24) is 0 Å². The van der Waals surface area contributed by atoms with Gasteiger partial charge in [0.05, 0.1) is 5.09 Å². The molecule has 0 aliphatic carbocycles. The van der Waals surface area contributed by atoms with Crippen LogP contribution in [0.5, 0.6) is 0 Å². The summed E-state index contributed by atoms with van der Waals surface area (Å²) in [5.74, 6) is 0. The Kier molecular flexibility index (Phi) is 108. The summed E-state index contributed by atoms with van der Waals surface area (Å²) in [4.78, 5) is 8.25. The molecule has 0 heterocycles. The molecule has 0 saturated heterocycles. The van der Waals surface area contributed by atoms with E-state index in [1.165, 1.54) is 0 Å². The van der Waals surface area contributed by atoms with E-state index in [-0.39, 0.29) is 65.4 Å². The van der Waals surface area contributed by atoms with E-state index in [2.05, 4.69) is 0 Å². The summed E-state index contributed by atoms with van der Waals surface area (Å²) in [5, 5.41) is 14.8. The summed E-state index contributed by atoms with van der Waals surface area (Å²) in [6.45, 7) is 0.